The van der Waals surface area contributed by atoms with Gasteiger partial charge in [0, 0.05) is 30.7 Å². The molecule has 1 heterocycles. The van der Waals surface area contributed by atoms with Crippen LogP contribution in [0.2, 0.25) is 0 Å². The molecule has 1 aromatic rings. The van der Waals surface area contributed by atoms with Crippen LogP contribution in [0.4, 0.5) is 11.6 Å². The van der Waals surface area contributed by atoms with Crippen molar-refractivity contribution in [1.29, 1.82) is 0 Å². The predicted octanol–water partition coefficient (Wildman–Crippen LogP) is 2.60. The standard InChI is InChI=1S/C15H26N4O/c1-4-16-14-13(10(2)3)15(18-9-17-14)19-12-7-5-6-11(12)8-20/h9-12,20H,4-8H2,1-3H3,(H2,16,17,18,19). The average molecular weight is 278 g/mol. The van der Waals surface area contributed by atoms with Gasteiger partial charge >= 0.3 is 0 Å². The summed E-state index contributed by atoms with van der Waals surface area (Å²) >= 11 is 0. The molecule has 3 N–H and O–H groups in total. The van der Waals surface area contributed by atoms with Gasteiger partial charge in [-0.1, -0.05) is 20.3 Å². The zero-order valence-corrected chi connectivity index (χ0v) is 12.7. The van der Waals surface area contributed by atoms with Crippen molar-refractivity contribution in [2.45, 2.75) is 52.0 Å². The Labute approximate surface area is 121 Å². The van der Waals surface area contributed by atoms with Crippen molar-refractivity contribution in [1.82, 2.24) is 9.97 Å². The summed E-state index contributed by atoms with van der Waals surface area (Å²) < 4.78 is 0. The topological polar surface area (TPSA) is 70.1 Å². The monoisotopic (exact) mass is 278 g/mol. The van der Waals surface area contributed by atoms with E-state index in [-0.39, 0.29) is 6.61 Å². The maximum atomic E-state index is 9.45. The van der Waals surface area contributed by atoms with Crippen LogP contribution in [-0.2, 0) is 0 Å². The summed E-state index contributed by atoms with van der Waals surface area (Å²) in [5, 5.41) is 16.3. The smallest absolute Gasteiger partial charge is 0.135 e. The Morgan fingerprint density at radius 2 is 2.05 bits per heavy atom. The molecular formula is C15H26N4O. The number of nitrogens with one attached hydrogen (secondary N) is 2. The normalized spacial score (nSPS) is 22.2. The molecule has 0 bridgehead atoms. The van der Waals surface area contributed by atoms with E-state index in [1.165, 1.54) is 6.42 Å². The molecule has 1 aromatic heterocycles. The second kappa shape index (κ2) is 6.88. The highest BCUT2D eigenvalue weighted by atomic mass is 16.3. The highest BCUT2D eigenvalue weighted by molar-refractivity contribution is 5.59. The Hall–Kier alpha value is -1.36. The van der Waals surface area contributed by atoms with E-state index >= 15 is 0 Å². The number of aliphatic hydroxyl groups excluding tert-OH is 1. The SMILES string of the molecule is CCNc1ncnc(NC2CCCC2CO)c1C(C)C. The highest BCUT2D eigenvalue weighted by Crippen LogP contribution is 2.32. The summed E-state index contributed by atoms with van der Waals surface area (Å²) in [5.41, 5.74) is 1.14. The number of aliphatic hydroxyl groups is 1. The van der Waals surface area contributed by atoms with Crippen molar-refractivity contribution in [3.63, 3.8) is 0 Å². The molecule has 2 unspecified atom stereocenters. The number of nitrogens with zero attached hydrogens (tertiary/aromatic N) is 2. The van der Waals surface area contributed by atoms with Crippen molar-refractivity contribution in [2.24, 2.45) is 5.92 Å². The van der Waals surface area contributed by atoms with Gasteiger partial charge in [0.15, 0.2) is 0 Å². The lowest BCUT2D eigenvalue weighted by Gasteiger charge is -2.23. The van der Waals surface area contributed by atoms with E-state index in [9.17, 15) is 5.11 Å². The molecule has 0 radical (unpaired) electrons. The van der Waals surface area contributed by atoms with Crippen molar-refractivity contribution in [2.75, 3.05) is 23.8 Å². The second-order valence-electron chi connectivity index (χ2n) is 5.79. The number of hydrogen-bond donors (Lipinski definition) is 3. The first kappa shape index (κ1) is 15.0. The van der Waals surface area contributed by atoms with Gasteiger partial charge in [0.2, 0.25) is 0 Å². The summed E-state index contributed by atoms with van der Waals surface area (Å²) in [6.07, 6.45) is 4.97. The Kier molecular flexibility index (Phi) is 5.17. The van der Waals surface area contributed by atoms with Crippen molar-refractivity contribution >= 4 is 11.6 Å². The van der Waals surface area contributed by atoms with Gasteiger partial charge in [0.05, 0.1) is 0 Å². The van der Waals surface area contributed by atoms with Gasteiger partial charge in [-0.25, -0.2) is 9.97 Å². The summed E-state index contributed by atoms with van der Waals surface area (Å²) in [7, 11) is 0. The van der Waals surface area contributed by atoms with Crippen LogP contribution < -0.4 is 10.6 Å². The van der Waals surface area contributed by atoms with Gasteiger partial charge in [0.1, 0.15) is 18.0 Å². The van der Waals surface area contributed by atoms with Gasteiger partial charge < -0.3 is 15.7 Å². The van der Waals surface area contributed by atoms with Crippen molar-refractivity contribution < 1.29 is 5.11 Å². The van der Waals surface area contributed by atoms with Crippen LogP contribution in [0, 0.1) is 5.92 Å². The number of aromatic nitrogens is 2. The molecule has 0 amide bonds. The molecule has 20 heavy (non-hydrogen) atoms. The quantitative estimate of drug-likeness (QED) is 0.746. The summed E-state index contributed by atoms with van der Waals surface area (Å²) in [5.74, 6) is 2.52. The van der Waals surface area contributed by atoms with Gasteiger partial charge in [-0.15, -0.1) is 0 Å². The lowest BCUT2D eigenvalue weighted by molar-refractivity contribution is 0.222. The molecule has 0 aliphatic heterocycles. The van der Waals surface area contributed by atoms with Gasteiger partial charge in [-0.3, -0.25) is 0 Å². The molecule has 5 heteroatoms. The molecule has 0 spiro atoms. The van der Waals surface area contributed by atoms with E-state index in [1.807, 2.05) is 0 Å². The highest BCUT2D eigenvalue weighted by Gasteiger charge is 2.28. The Balaban J connectivity index is 2.24. The summed E-state index contributed by atoms with van der Waals surface area (Å²) in [6.45, 7) is 7.47. The van der Waals surface area contributed by atoms with Crippen LogP contribution in [-0.4, -0.2) is 34.3 Å². The summed E-state index contributed by atoms with van der Waals surface area (Å²) in [6, 6.07) is 0.321. The van der Waals surface area contributed by atoms with Gasteiger partial charge in [-0.05, 0) is 25.7 Å². The molecule has 112 valence electrons. The summed E-state index contributed by atoms with van der Waals surface area (Å²) in [4.78, 5) is 8.78. The molecule has 2 rings (SSSR count). The molecule has 1 fully saturated rings. The lowest BCUT2D eigenvalue weighted by atomic mass is 10.0. The molecule has 1 aliphatic carbocycles. The minimum absolute atomic E-state index is 0.250. The average Bonchev–Trinajstić information content (AvgIpc) is 2.86. The largest absolute Gasteiger partial charge is 0.396 e. The maximum absolute atomic E-state index is 9.45. The fourth-order valence-corrected chi connectivity index (χ4v) is 2.99. The van der Waals surface area contributed by atoms with Crippen LogP contribution in [0.15, 0.2) is 6.33 Å². The zero-order valence-electron chi connectivity index (χ0n) is 12.7. The maximum Gasteiger partial charge on any atom is 0.135 e. The first-order chi connectivity index (χ1) is 9.67. The Morgan fingerprint density at radius 1 is 1.30 bits per heavy atom. The third-order valence-corrected chi connectivity index (χ3v) is 4.02. The minimum atomic E-state index is 0.250. The van der Waals surface area contributed by atoms with Crippen LogP contribution >= 0.6 is 0 Å². The minimum Gasteiger partial charge on any atom is -0.396 e. The molecular weight excluding hydrogens is 252 g/mol. The molecule has 1 saturated carbocycles. The fourth-order valence-electron chi connectivity index (χ4n) is 2.99. The molecule has 1 aliphatic rings. The van der Waals surface area contributed by atoms with E-state index < -0.39 is 0 Å². The first-order valence-electron chi connectivity index (χ1n) is 7.63. The van der Waals surface area contributed by atoms with Crippen molar-refractivity contribution in [3.8, 4) is 0 Å². The molecule has 2 atom stereocenters. The number of anilines is 2. The lowest BCUT2D eigenvalue weighted by Crippen LogP contribution is -2.27. The second-order valence-corrected chi connectivity index (χ2v) is 5.79. The zero-order chi connectivity index (χ0) is 14.5. The van der Waals surface area contributed by atoms with E-state index in [4.69, 9.17) is 0 Å². The molecule has 0 aromatic carbocycles. The van der Waals surface area contributed by atoms with Crippen LogP contribution in [0.25, 0.3) is 0 Å². The third kappa shape index (κ3) is 3.20. The molecule has 0 saturated heterocycles. The fraction of sp³-hybridized carbons (Fsp3) is 0.733. The number of rotatable bonds is 6. The van der Waals surface area contributed by atoms with Gasteiger partial charge in [-0.2, -0.15) is 0 Å². The van der Waals surface area contributed by atoms with Crippen molar-refractivity contribution in [3.05, 3.63) is 11.9 Å². The Morgan fingerprint density at radius 3 is 2.70 bits per heavy atom. The van der Waals surface area contributed by atoms with E-state index in [2.05, 4.69) is 41.4 Å². The van der Waals surface area contributed by atoms with Crippen LogP contribution in [0.1, 0.15) is 51.5 Å². The number of hydrogen-bond acceptors (Lipinski definition) is 5. The van der Waals surface area contributed by atoms with E-state index in [1.54, 1.807) is 6.33 Å². The van der Waals surface area contributed by atoms with E-state index in [0.29, 0.717) is 17.9 Å². The van der Waals surface area contributed by atoms with Crippen LogP contribution in [0.3, 0.4) is 0 Å². The predicted molar refractivity (Wildman–Crippen MR) is 82.1 cm³/mol. The van der Waals surface area contributed by atoms with Gasteiger partial charge in [0.25, 0.3) is 0 Å². The Bertz CT molecular complexity index is 436. The van der Waals surface area contributed by atoms with Crippen LogP contribution in [0.5, 0.6) is 0 Å². The van der Waals surface area contributed by atoms with E-state index in [0.717, 1.165) is 36.6 Å². The third-order valence-electron chi connectivity index (χ3n) is 4.02. The first-order valence-corrected chi connectivity index (χ1v) is 7.63. The molecule has 5 nitrogen and oxygen atoms in total.